The van der Waals surface area contributed by atoms with Crippen LogP contribution in [0, 0.1) is 0 Å². The van der Waals surface area contributed by atoms with Crippen LogP contribution in [-0.4, -0.2) is 20.1 Å². The molecule has 0 amide bonds. The summed E-state index contributed by atoms with van der Waals surface area (Å²) in [6, 6.07) is 1.67. The summed E-state index contributed by atoms with van der Waals surface area (Å²) in [6.45, 7) is 2.05. The van der Waals surface area contributed by atoms with E-state index in [4.69, 9.17) is 0 Å². The molecule has 2 heterocycles. The molecule has 0 aliphatic heterocycles. The minimum absolute atomic E-state index is 0.333. The van der Waals surface area contributed by atoms with Crippen LogP contribution in [-0.2, 0) is 6.42 Å². The Labute approximate surface area is 85.4 Å². The molecule has 0 aliphatic carbocycles. The second kappa shape index (κ2) is 4.04. The zero-order chi connectivity index (χ0) is 10.7. The normalized spacial score (nSPS) is 10.5. The van der Waals surface area contributed by atoms with Crippen LogP contribution in [0.1, 0.15) is 19.2 Å². The van der Waals surface area contributed by atoms with E-state index in [2.05, 4.69) is 24.6 Å². The van der Waals surface area contributed by atoms with Gasteiger partial charge in [-0.3, -0.25) is 9.51 Å². The molecule has 2 aromatic rings. The van der Waals surface area contributed by atoms with Crippen LogP contribution < -0.4 is 5.76 Å². The highest BCUT2D eigenvalue weighted by atomic mass is 16.5. The zero-order valence-electron chi connectivity index (χ0n) is 8.23. The molecule has 0 aromatic carbocycles. The van der Waals surface area contributed by atoms with Crippen LogP contribution in [0.3, 0.4) is 0 Å². The Kier molecular flexibility index (Phi) is 2.57. The van der Waals surface area contributed by atoms with Gasteiger partial charge in [-0.1, -0.05) is 12.1 Å². The van der Waals surface area contributed by atoms with Crippen molar-refractivity contribution >= 4 is 0 Å². The van der Waals surface area contributed by atoms with Gasteiger partial charge in [-0.05, 0) is 12.5 Å². The van der Waals surface area contributed by atoms with Gasteiger partial charge in [-0.15, -0.1) is 0 Å². The van der Waals surface area contributed by atoms with Gasteiger partial charge in [0.1, 0.15) is 11.5 Å². The summed E-state index contributed by atoms with van der Waals surface area (Å²) >= 11 is 0. The summed E-state index contributed by atoms with van der Waals surface area (Å²) in [4.78, 5) is 21.5. The van der Waals surface area contributed by atoms with Crippen LogP contribution >= 0.6 is 0 Å². The number of nitrogens with one attached hydrogen (secondary N) is 1. The number of hydrogen-bond donors (Lipinski definition) is 1. The third-order valence-electron chi connectivity index (χ3n) is 1.86. The summed E-state index contributed by atoms with van der Waals surface area (Å²) in [7, 11) is 0. The van der Waals surface area contributed by atoms with Crippen molar-refractivity contribution in [2.45, 2.75) is 19.8 Å². The molecule has 0 saturated heterocycles. The first-order valence-electron chi connectivity index (χ1n) is 4.68. The molecule has 0 aliphatic rings. The number of nitrogens with zero attached hydrogens (tertiary/aromatic N) is 3. The molecule has 6 nitrogen and oxygen atoms in total. The van der Waals surface area contributed by atoms with Gasteiger partial charge in [0.15, 0.2) is 0 Å². The minimum Gasteiger partial charge on any atom is -0.296 e. The summed E-state index contributed by atoms with van der Waals surface area (Å²) in [5.74, 6) is 0.485. The molecule has 2 rings (SSSR count). The predicted molar refractivity (Wildman–Crippen MR) is 52.1 cm³/mol. The number of hydrogen-bond acceptors (Lipinski definition) is 5. The molecule has 0 spiro atoms. The van der Waals surface area contributed by atoms with Gasteiger partial charge in [-0.2, -0.15) is 0 Å². The van der Waals surface area contributed by atoms with Crippen molar-refractivity contribution in [3.8, 4) is 11.5 Å². The molecule has 2 aromatic heterocycles. The van der Waals surface area contributed by atoms with E-state index in [1.165, 1.54) is 0 Å². The number of aryl methyl sites for hydroxylation is 1. The molecule has 0 radical (unpaired) electrons. The fourth-order valence-corrected chi connectivity index (χ4v) is 1.22. The van der Waals surface area contributed by atoms with Crippen molar-refractivity contribution in [1.29, 1.82) is 0 Å². The van der Waals surface area contributed by atoms with E-state index in [9.17, 15) is 4.79 Å². The van der Waals surface area contributed by atoms with Crippen LogP contribution in [0.2, 0.25) is 0 Å². The monoisotopic (exact) mass is 206 g/mol. The Morgan fingerprint density at radius 1 is 1.53 bits per heavy atom. The SMILES string of the molecule is CCCc1nccc(-c2noc(=O)[nH]2)n1. The van der Waals surface area contributed by atoms with Gasteiger partial charge < -0.3 is 0 Å². The summed E-state index contributed by atoms with van der Waals surface area (Å²) in [5, 5.41) is 3.55. The fraction of sp³-hybridized carbons (Fsp3) is 0.333. The molecule has 6 heteroatoms. The first-order valence-corrected chi connectivity index (χ1v) is 4.68. The first-order chi connectivity index (χ1) is 7.29. The summed E-state index contributed by atoms with van der Waals surface area (Å²) < 4.78 is 4.40. The number of rotatable bonds is 3. The molecular formula is C9H10N4O2. The molecular weight excluding hydrogens is 196 g/mol. The van der Waals surface area contributed by atoms with Crippen molar-refractivity contribution < 1.29 is 4.52 Å². The smallest absolute Gasteiger partial charge is 0.296 e. The Bertz CT molecular complexity index is 503. The third kappa shape index (κ3) is 2.09. The molecule has 15 heavy (non-hydrogen) atoms. The average molecular weight is 206 g/mol. The minimum atomic E-state index is -0.583. The van der Waals surface area contributed by atoms with Gasteiger partial charge in [0.05, 0.1) is 0 Å². The lowest BCUT2D eigenvalue weighted by Crippen LogP contribution is -1.98. The first kappa shape index (κ1) is 9.57. The summed E-state index contributed by atoms with van der Waals surface area (Å²) in [5.41, 5.74) is 0.569. The maximum Gasteiger partial charge on any atom is 0.439 e. The highest BCUT2D eigenvalue weighted by Gasteiger charge is 2.06. The van der Waals surface area contributed by atoms with Crippen molar-refractivity contribution in [1.82, 2.24) is 20.1 Å². The Hall–Kier alpha value is -1.98. The standard InChI is InChI=1S/C9H10N4O2/c1-2-3-7-10-5-4-6(11-7)8-12-9(14)15-13-8/h4-5H,2-3H2,1H3,(H,12,13,14). The lowest BCUT2D eigenvalue weighted by Gasteiger charge is -1.98. The molecule has 0 unspecified atom stereocenters. The van der Waals surface area contributed by atoms with E-state index in [1.807, 2.05) is 6.92 Å². The Morgan fingerprint density at radius 2 is 2.40 bits per heavy atom. The van der Waals surface area contributed by atoms with E-state index in [0.29, 0.717) is 11.5 Å². The largest absolute Gasteiger partial charge is 0.439 e. The van der Waals surface area contributed by atoms with Crippen molar-refractivity contribution in [3.63, 3.8) is 0 Å². The number of aromatic amines is 1. The maximum atomic E-state index is 10.7. The number of aromatic nitrogens is 4. The Balaban J connectivity index is 2.36. The number of H-pyrrole nitrogens is 1. The van der Waals surface area contributed by atoms with Crippen molar-refractivity contribution in [2.24, 2.45) is 0 Å². The lowest BCUT2D eigenvalue weighted by molar-refractivity contribution is 0.387. The summed E-state index contributed by atoms with van der Waals surface area (Å²) in [6.07, 6.45) is 3.41. The fourth-order valence-electron chi connectivity index (χ4n) is 1.22. The topological polar surface area (TPSA) is 84.7 Å². The quantitative estimate of drug-likeness (QED) is 0.801. The van der Waals surface area contributed by atoms with Gasteiger partial charge in [0.2, 0.25) is 5.82 Å². The van der Waals surface area contributed by atoms with Crippen LogP contribution in [0.25, 0.3) is 11.5 Å². The van der Waals surface area contributed by atoms with E-state index in [-0.39, 0.29) is 0 Å². The molecule has 0 saturated carbocycles. The molecule has 78 valence electrons. The molecule has 1 N–H and O–H groups in total. The maximum absolute atomic E-state index is 10.7. The van der Waals surface area contributed by atoms with Crippen molar-refractivity contribution in [3.05, 3.63) is 28.6 Å². The van der Waals surface area contributed by atoms with Gasteiger partial charge >= 0.3 is 5.76 Å². The predicted octanol–water partition coefficient (Wildman–Crippen LogP) is 0.772. The zero-order valence-corrected chi connectivity index (χ0v) is 8.23. The van der Waals surface area contributed by atoms with E-state index < -0.39 is 5.76 Å². The average Bonchev–Trinajstić information content (AvgIpc) is 2.66. The van der Waals surface area contributed by atoms with E-state index in [1.54, 1.807) is 12.3 Å². The third-order valence-corrected chi connectivity index (χ3v) is 1.86. The lowest BCUT2D eigenvalue weighted by atomic mass is 10.3. The highest BCUT2D eigenvalue weighted by Crippen LogP contribution is 2.09. The Morgan fingerprint density at radius 3 is 3.07 bits per heavy atom. The molecule has 0 atom stereocenters. The van der Waals surface area contributed by atoms with E-state index >= 15 is 0 Å². The van der Waals surface area contributed by atoms with Gasteiger partial charge in [0, 0.05) is 12.6 Å². The highest BCUT2D eigenvalue weighted by molar-refractivity contribution is 5.46. The van der Waals surface area contributed by atoms with E-state index in [0.717, 1.165) is 18.7 Å². The molecule has 0 bridgehead atoms. The van der Waals surface area contributed by atoms with Crippen LogP contribution in [0.5, 0.6) is 0 Å². The van der Waals surface area contributed by atoms with Crippen molar-refractivity contribution in [2.75, 3.05) is 0 Å². The van der Waals surface area contributed by atoms with Gasteiger partial charge in [0.25, 0.3) is 0 Å². The second-order valence-corrected chi connectivity index (χ2v) is 3.05. The van der Waals surface area contributed by atoms with Gasteiger partial charge in [-0.25, -0.2) is 14.8 Å². The molecule has 0 fully saturated rings. The van der Waals surface area contributed by atoms with Crippen LogP contribution in [0.4, 0.5) is 0 Å². The van der Waals surface area contributed by atoms with Crippen LogP contribution in [0.15, 0.2) is 21.6 Å². The second-order valence-electron chi connectivity index (χ2n) is 3.05.